The highest BCUT2D eigenvalue weighted by Crippen LogP contribution is 2.27. The lowest BCUT2D eigenvalue weighted by Crippen LogP contribution is -2.31. The molecule has 1 aromatic carbocycles. The molecule has 1 saturated heterocycles. The third-order valence-electron chi connectivity index (χ3n) is 3.13. The first-order valence-electron chi connectivity index (χ1n) is 5.61. The topological polar surface area (TPSA) is 29.3 Å². The molecule has 2 N–H and O–H groups in total. The van der Waals surface area contributed by atoms with Crippen molar-refractivity contribution in [2.75, 3.05) is 19.6 Å². The highest BCUT2D eigenvalue weighted by molar-refractivity contribution is 6.30. The highest BCUT2D eigenvalue weighted by atomic mass is 35.5. The van der Waals surface area contributed by atoms with Crippen molar-refractivity contribution in [1.82, 2.24) is 4.90 Å². The minimum atomic E-state index is -0.373. The van der Waals surface area contributed by atoms with E-state index in [0.717, 1.165) is 18.7 Å². The SMILES string of the molecule is NCC(c1ccc(F)c(Cl)c1)N1CCCC1. The summed E-state index contributed by atoms with van der Waals surface area (Å²) in [7, 11) is 0. The predicted octanol–water partition coefficient (Wildman–Crippen LogP) is 2.57. The van der Waals surface area contributed by atoms with Crippen molar-refractivity contribution in [2.45, 2.75) is 18.9 Å². The predicted molar refractivity (Wildman–Crippen MR) is 64.0 cm³/mol. The fourth-order valence-corrected chi connectivity index (χ4v) is 2.46. The van der Waals surface area contributed by atoms with Gasteiger partial charge in [-0.3, -0.25) is 4.90 Å². The van der Waals surface area contributed by atoms with Gasteiger partial charge in [-0.2, -0.15) is 0 Å². The van der Waals surface area contributed by atoms with Crippen LogP contribution in [0.5, 0.6) is 0 Å². The molecule has 0 radical (unpaired) electrons. The number of likely N-dealkylation sites (tertiary alicyclic amines) is 1. The van der Waals surface area contributed by atoms with Crippen molar-refractivity contribution >= 4 is 11.6 Å². The molecule has 0 bridgehead atoms. The summed E-state index contributed by atoms with van der Waals surface area (Å²) in [5.41, 5.74) is 6.80. The van der Waals surface area contributed by atoms with Crippen LogP contribution in [-0.4, -0.2) is 24.5 Å². The van der Waals surface area contributed by atoms with Crippen LogP contribution in [0, 0.1) is 5.82 Å². The van der Waals surface area contributed by atoms with Crippen LogP contribution in [0.4, 0.5) is 4.39 Å². The molecule has 1 heterocycles. The second-order valence-corrected chi connectivity index (χ2v) is 4.58. The number of rotatable bonds is 3. The molecule has 1 aromatic rings. The summed E-state index contributed by atoms with van der Waals surface area (Å²) in [6.45, 7) is 2.68. The van der Waals surface area contributed by atoms with Crippen LogP contribution in [0.15, 0.2) is 18.2 Å². The maximum absolute atomic E-state index is 13.1. The number of halogens is 2. The van der Waals surface area contributed by atoms with Gasteiger partial charge in [0.15, 0.2) is 0 Å². The number of nitrogens with two attached hydrogens (primary N) is 1. The van der Waals surface area contributed by atoms with Gasteiger partial charge in [0.25, 0.3) is 0 Å². The molecule has 4 heteroatoms. The van der Waals surface area contributed by atoms with Crippen LogP contribution >= 0.6 is 11.6 Å². The molecule has 0 spiro atoms. The Morgan fingerprint density at radius 3 is 2.62 bits per heavy atom. The standard InChI is InChI=1S/C12H16ClFN2/c13-10-7-9(3-4-11(10)14)12(8-15)16-5-1-2-6-16/h3-4,7,12H,1-2,5-6,8,15H2. The van der Waals surface area contributed by atoms with Gasteiger partial charge in [0.05, 0.1) is 5.02 Å². The number of hydrogen-bond donors (Lipinski definition) is 1. The molecule has 0 saturated carbocycles. The molecule has 1 fully saturated rings. The van der Waals surface area contributed by atoms with Crippen molar-refractivity contribution in [1.29, 1.82) is 0 Å². The van der Waals surface area contributed by atoms with Gasteiger partial charge in [-0.05, 0) is 43.6 Å². The average molecular weight is 243 g/mol. The van der Waals surface area contributed by atoms with E-state index in [0.29, 0.717) is 6.54 Å². The summed E-state index contributed by atoms with van der Waals surface area (Å²) in [5.74, 6) is -0.373. The molecule has 1 unspecified atom stereocenters. The molecular formula is C12H16ClFN2. The van der Waals surface area contributed by atoms with E-state index < -0.39 is 0 Å². The minimum Gasteiger partial charge on any atom is -0.329 e. The third kappa shape index (κ3) is 2.37. The average Bonchev–Trinajstić information content (AvgIpc) is 2.78. The molecule has 0 amide bonds. The Bertz CT molecular complexity index is 364. The minimum absolute atomic E-state index is 0.167. The lowest BCUT2D eigenvalue weighted by molar-refractivity contribution is 0.251. The monoisotopic (exact) mass is 242 g/mol. The normalized spacial score (nSPS) is 18.9. The molecule has 2 nitrogen and oxygen atoms in total. The molecule has 0 aromatic heterocycles. The van der Waals surface area contributed by atoms with E-state index in [1.54, 1.807) is 12.1 Å². The van der Waals surface area contributed by atoms with Crippen LogP contribution < -0.4 is 5.73 Å². The summed E-state index contributed by atoms with van der Waals surface area (Å²) < 4.78 is 13.1. The lowest BCUT2D eigenvalue weighted by Gasteiger charge is -2.26. The second-order valence-electron chi connectivity index (χ2n) is 4.17. The van der Waals surface area contributed by atoms with E-state index in [1.807, 2.05) is 0 Å². The Balaban J connectivity index is 2.22. The largest absolute Gasteiger partial charge is 0.329 e. The van der Waals surface area contributed by atoms with Crippen molar-refractivity contribution in [3.8, 4) is 0 Å². The molecule has 16 heavy (non-hydrogen) atoms. The molecule has 1 aliphatic rings. The second kappa shape index (κ2) is 5.13. The van der Waals surface area contributed by atoms with Gasteiger partial charge >= 0.3 is 0 Å². The first kappa shape index (κ1) is 11.8. The van der Waals surface area contributed by atoms with Crippen molar-refractivity contribution in [2.24, 2.45) is 5.73 Å². The Hall–Kier alpha value is -0.640. The first-order valence-corrected chi connectivity index (χ1v) is 5.99. The summed E-state index contributed by atoms with van der Waals surface area (Å²) in [6.07, 6.45) is 2.43. The number of nitrogens with zero attached hydrogens (tertiary/aromatic N) is 1. The van der Waals surface area contributed by atoms with Gasteiger partial charge in [-0.1, -0.05) is 17.7 Å². The van der Waals surface area contributed by atoms with Gasteiger partial charge in [-0.25, -0.2) is 4.39 Å². The molecule has 1 atom stereocenters. The quantitative estimate of drug-likeness (QED) is 0.883. The van der Waals surface area contributed by atoms with Gasteiger partial charge in [-0.15, -0.1) is 0 Å². The van der Waals surface area contributed by atoms with E-state index >= 15 is 0 Å². The number of benzene rings is 1. The van der Waals surface area contributed by atoms with E-state index in [9.17, 15) is 4.39 Å². The molecule has 1 aliphatic heterocycles. The van der Waals surface area contributed by atoms with Crippen LogP contribution in [0.3, 0.4) is 0 Å². The lowest BCUT2D eigenvalue weighted by atomic mass is 10.1. The smallest absolute Gasteiger partial charge is 0.141 e. The van der Waals surface area contributed by atoms with E-state index in [2.05, 4.69) is 4.90 Å². The molecular weight excluding hydrogens is 227 g/mol. The molecule has 0 aliphatic carbocycles. The Morgan fingerprint density at radius 1 is 1.38 bits per heavy atom. The Morgan fingerprint density at radius 2 is 2.06 bits per heavy atom. The fourth-order valence-electron chi connectivity index (χ4n) is 2.27. The third-order valence-corrected chi connectivity index (χ3v) is 3.42. The van der Waals surface area contributed by atoms with E-state index in [4.69, 9.17) is 17.3 Å². The van der Waals surface area contributed by atoms with Crippen LogP contribution in [-0.2, 0) is 0 Å². The summed E-state index contributed by atoms with van der Waals surface area (Å²) in [6, 6.07) is 5.04. The highest BCUT2D eigenvalue weighted by Gasteiger charge is 2.22. The van der Waals surface area contributed by atoms with Crippen molar-refractivity contribution in [3.63, 3.8) is 0 Å². The van der Waals surface area contributed by atoms with Gasteiger partial charge in [0, 0.05) is 12.6 Å². The van der Waals surface area contributed by atoms with E-state index in [-0.39, 0.29) is 16.9 Å². The summed E-state index contributed by atoms with van der Waals surface area (Å²) in [4.78, 5) is 2.34. The van der Waals surface area contributed by atoms with Gasteiger partial charge < -0.3 is 5.73 Å². The summed E-state index contributed by atoms with van der Waals surface area (Å²) >= 11 is 5.79. The van der Waals surface area contributed by atoms with E-state index in [1.165, 1.54) is 18.9 Å². The van der Waals surface area contributed by atoms with Crippen LogP contribution in [0.1, 0.15) is 24.4 Å². The molecule has 88 valence electrons. The maximum atomic E-state index is 13.1. The van der Waals surface area contributed by atoms with Crippen LogP contribution in [0.2, 0.25) is 5.02 Å². The maximum Gasteiger partial charge on any atom is 0.141 e. The zero-order chi connectivity index (χ0) is 11.5. The fraction of sp³-hybridized carbons (Fsp3) is 0.500. The van der Waals surface area contributed by atoms with Gasteiger partial charge in [0.2, 0.25) is 0 Å². The first-order chi connectivity index (χ1) is 7.72. The zero-order valence-corrected chi connectivity index (χ0v) is 9.88. The zero-order valence-electron chi connectivity index (χ0n) is 9.13. The number of hydrogen-bond acceptors (Lipinski definition) is 2. The molecule has 2 rings (SSSR count). The van der Waals surface area contributed by atoms with Crippen molar-refractivity contribution in [3.05, 3.63) is 34.6 Å². The van der Waals surface area contributed by atoms with Gasteiger partial charge in [0.1, 0.15) is 5.82 Å². The Kier molecular flexibility index (Phi) is 3.79. The summed E-state index contributed by atoms with van der Waals surface area (Å²) in [5, 5.41) is 0.176. The van der Waals surface area contributed by atoms with Crippen LogP contribution in [0.25, 0.3) is 0 Å². The van der Waals surface area contributed by atoms with Crippen molar-refractivity contribution < 1.29 is 4.39 Å². The Labute approximate surface area is 100 Å².